The number of hydrogen-bond donors (Lipinski definition) is 1. The predicted molar refractivity (Wildman–Crippen MR) is 128 cm³/mol. The van der Waals surface area contributed by atoms with Crippen molar-refractivity contribution >= 4 is 10.9 Å². The van der Waals surface area contributed by atoms with Crippen LogP contribution in [0.25, 0.3) is 10.9 Å². The molecule has 2 aromatic heterocycles. The van der Waals surface area contributed by atoms with Gasteiger partial charge in [-0.25, -0.2) is 4.39 Å². The normalized spacial score (nSPS) is 19.6. The van der Waals surface area contributed by atoms with Crippen molar-refractivity contribution in [1.29, 1.82) is 0 Å². The highest BCUT2D eigenvalue weighted by Gasteiger charge is 2.29. The predicted octanol–water partition coefficient (Wildman–Crippen LogP) is 4.41. The Hall–Kier alpha value is -3.01. The lowest BCUT2D eigenvalue weighted by Crippen LogP contribution is -2.42. The largest absolute Gasteiger partial charge is 0.497 e. The quantitative estimate of drug-likeness (QED) is 0.544. The number of aliphatic hydroxyl groups excluding tert-OH is 1. The van der Waals surface area contributed by atoms with E-state index in [1.54, 1.807) is 31.8 Å². The van der Waals surface area contributed by atoms with Crippen LogP contribution in [0.1, 0.15) is 36.6 Å². The first-order valence-electron chi connectivity index (χ1n) is 11.5. The number of piperidine rings is 1. The maximum absolute atomic E-state index is 15.3. The van der Waals surface area contributed by atoms with Crippen LogP contribution in [0, 0.1) is 23.7 Å². The number of pyridine rings is 2. The standard InChI is InChI=1S/C27H30FN3O2/c1-33-23-7-9-27-25(16-23)24(10-13-30-27)26(28)8-6-21-11-15-31(18-22(21)19-32)14-3-5-20-4-2-12-29-17-20/h2,4,7,9-10,12-13,16-17,21-22,26,32H,6,8,11,14-15,18-19H2,1H3/t21-,22-,26-/m1/s1. The van der Waals surface area contributed by atoms with Gasteiger partial charge in [-0.1, -0.05) is 11.8 Å². The fraction of sp³-hybridized carbons (Fsp3) is 0.407. The van der Waals surface area contributed by atoms with Gasteiger partial charge in [0, 0.05) is 42.7 Å². The molecule has 3 aromatic rings. The first-order valence-corrected chi connectivity index (χ1v) is 11.5. The Bertz CT molecular complexity index is 1110. The van der Waals surface area contributed by atoms with Gasteiger partial charge in [-0.2, -0.15) is 0 Å². The molecule has 3 atom stereocenters. The second-order valence-electron chi connectivity index (χ2n) is 8.60. The molecule has 1 aliphatic rings. The molecule has 1 saturated heterocycles. The Morgan fingerprint density at radius 1 is 1.24 bits per heavy atom. The minimum Gasteiger partial charge on any atom is -0.497 e. The molecule has 0 unspecified atom stereocenters. The summed E-state index contributed by atoms with van der Waals surface area (Å²) in [5, 5.41) is 10.8. The number of rotatable bonds is 7. The zero-order chi connectivity index (χ0) is 23.0. The van der Waals surface area contributed by atoms with Crippen LogP contribution in [0.3, 0.4) is 0 Å². The van der Waals surface area contributed by atoms with Crippen molar-refractivity contribution in [3.05, 3.63) is 66.1 Å². The molecule has 33 heavy (non-hydrogen) atoms. The van der Waals surface area contributed by atoms with E-state index in [1.165, 1.54) is 0 Å². The molecule has 0 amide bonds. The van der Waals surface area contributed by atoms with Gasteiger partial charge in [0.15, 0.2) is 0 Å². The molecular formula is C27H30FN3O2. The molecule has 0 spiro atoms. The molecule has 5 nitrogen and oxygen atoms in total. The van der Waals surface area contributed by atoms with Gasteiger partial charge in [0.1, 0.15) is 11.9 Å². The third kappa shape index (κ3) is 5.87. The van der Waals surface area contributed by atoms with Crippen LogP contribution in [0.4, 0.5) is 4.39 Å². The Morgan fingerprint density at radius 2 is 2.15 bits per heavy atom. The van der Waals surface area contributed by atoms with Gasteiger partial charge >= 0.3 is 0 Å². The van der Waals surface area contributed by atoms with Crippen LogP contribution in [0.5, 0.6) is 5.75 Å². The lowest BCUT2D eigenvalue weighted by molar-refractivity contribution is 0.0708. The summed E-state index contributed by atoms with van der Waals surface area (Å²) in [5.74, 6) is 7.48. The summed E-state index contributed by atoms with van der Waals surface area (Å²) < 4.78 is 20.6. The highest BCUT2D eigenvalue weighted by atomic mass is 19.1. The number of fused-ring (bicyclic) bond motifs is 1. The Labute approximate surface area is 194 Å². The average molecular weight is 448 g/mol. The molecule has 0 bridgehead atoms. The SMILES string of the molecule is COc1ccc2nccc([C@H](F)CC[C@@H]3CCN(CC#Cc4cccnc4)C[C@@H]3CO)c2c1. The molecule has 6 heteroatoms. The van der Waals surface area contributed by atoms with Crippen LogP contribution in [-0.2, 0) is 0 Å². The van der Waals surface area contributed by atoms with Crippen LogP contribution in [-0.4, -0.2) is 53.3 Å². The minimum atomic E-state index is -1.08. The molecule has 3 heterocycles. The van der Waals surface area contributed by atoms with Crippen molar-refractivity contribution in [3.63, 3.8) is 0 Å². The highest BCUT2D eigenvalue weighted by molar-refractivity contribution is 5.83. The molecule has 1 N–H and O–H groups in total. The molecule has 1 aliphatic heterocycles. The van der Waals surface area contributed by atoms with Crippen LogP contribution in [0.15, 0.2) is 55.0 Å². The van der Waals surface area contributed by atoms with E-state index in [0.717, 1.165) is 42.4 Å². The summed E-state index contributed by atoms with van der Waals surface area (Å²) in [5.41, 5.74) is 2.33. The summed E-state index contributed by atoms with van der Waals surface area (Å²) in [6, 6.07) is 11.1. The smallest absolute Gasteiger partial charge is 0.126 e. The molecule has 1 fully saturated rings. The zero-order valence-corrected chi connectivity index (χ0v) is 19.0. The van der Waals surface area contributed by atoms with Crippen LogP contribution < -0.4 is 4.74 Å². The fourth-order valence-corrected chi connectivity index (χ4v) is 4.64. The van der Waals surface area contributed by atoms with Gasteiger partial charge in [-0.05, 0) is 79.6 Å². The molecule has 172 valence electrons. The number of methoxy groups -OCH3 is 1. The van der Waals surface area contributed by atoms with E-state index in [1.807, 2.05) is 30.3 Å². The first-order chi connectivity index (χ1) is 16.2. The van der Waals surface area contributed by atoms with Gasteiger partial charge in [0.05, 0.1) is 19.2 Å². The number of aromatic nitrogens is 2. The minimum absolute atomic E-state index is 0.115. The number of nitrogens with zero attached hydrogens (tertiary/aromatic N) is 3. The average Bonchev–Trinajstić information content (AvgIpc) is 2.87. The molecule has 0 aliphatic carbocycles. The topological polar surface area (TPSA) is 58.5 Å². The van der Waals surface area contributed by atoms with Crippen molar-refractivity contribution in [1.82, 2.24) is 14.9 Å². The number of benzene rings is 1. The first kappa shape index (κ1) is 23.2. The third-order valence-corrected chi connectivity index (χ3v) is 6.52. The van der Waals surface area contributed by atoms with E-state index >= 15 is 4.39 Å². The monoisotopic (exact) mass is 447 g/mol. The Kier molecular flexibility index (Phi) is 7.87. The van der Waals surface area contributed by atoms with Crippen molar-refractivity contribution < 1.29 is 14.2 Å². The number of ether oxygens (including phenoxy) is 1. The number of alkyl halides is 1. The summed E-state index contributed by atoms with van der Waals surface area (Å²) >= 11 is 0. The maximum atomic E-state index is 15.3. The van der Waals surface area contributed by atoms with Crippen LogP contribution in [0.2, 0.25) is 0 Å². The van der Waals surface area contributed by atoms with Gasteiger partial charge in [-0.3, -0.25) is 14.9 Å². The van der Waals surface area contributed by atoms with Gasteiger partial charge in [0.2, 0.25) is 0 Å². The van der Waals surface area contributed by atoms with E-state index < -0.39 is 6.17 Å². The number of halogens is 1. The van der Waals surface area contributed by atoms with Gasteiger partial charge in [0.25, 0.3) is 0 Å². The van der Waals surface area contributed by atoms with E-state index in [0.29, 0.717) is 30.2 Å². The fourth-order valence-electron chi connectivity index (χ4n) is 4.64. The second kappa shape index (κ2) is 11.2. The highest BCUT2D eigenvalue weighted by Crippen LogP contribution is 2.35. The van der Waals surface area contributed by atoms with E-state index in [4.69, 9.17) is 4.74 Å². The van der Waals surface area contributed by atoms with Gasteiger partial charge in [-0.15, -0.1) is 0 Å². The van der Waals surface area contributed by atoms with E-state index in [9.17, 15) is 5.11 Å². The van der Waals surface area contributed by atoms with Crippen molar-refractivity contribution in [2.75, 3.05) is 33.4 Å². The maximum Gasteiger partial charge on any atom is 0.126 e. The second-order valence-corrected chi connectivity index (χ2v) is 8.60. The number of hydrogen-bond acceptors (Lipinski definition) is 5. The third-order valence-electron chi connectivity index (χ3n) is 6.52. The van der Waals surface area contributed by atoms with E-state index in [2.05, 4.69) is 26.7 Å². The Balaban J connectivity index is 1.34. The molecule has 4 rings (SSSR count). The number of aliphatic hydroxyl groups is 1. The summed E-state index contributed by atoms with van der Waals surface area (Å²) in [4.78, 5) is 10.7. The van der Waals surface area contributed by atoms with Crippen molar-refractivity contribution in [2.45, 2.75) is 25.4 Å². The Morgan fingerprint density at radius 3 is 2.94 bits per heavy atom. The van der Waals surface area contributed by atoms with Gasteiger partial charge < -0.3 is 9.84 Å². The molecule has 0 saturated carbocycles. The van der Waals surface area contributed by atoms with E-state index in [-0.39, 0.29) is 12.5 Å². The zero-order valence-electron chi connectivity index (χ0n) is 19.0. The summed E-state index contributed by atoms with van der Waals surface area (Å²) in [6.07, 6.45) is 6.19. The lowest BCUT2D eigenvalue weighted by Gasteiger charge is -2.37. The lowest BCUT2D eigenvalue weighted by atomic mass is 9.81. The van der Waals surface area contributed by atoms with Crippen molar-refractivity contribution in [2.24, 2.45) is 11.8 Å². The summed E-state index contributed by atoms with van der Waals surface area (Å²) in [7, 11) is 1.61. The molecule has 1 aromatic carbocycles. The summed E-state index contributed by atoms with van der Waals surface area (Å²) in [6.45, 7) is 2.47. The van der Waals surface area contributed by atoms with Crippen molar-refractivity contribution in [3.8, 4) is 17.6 Å². The molecule has 0 radical (unpaired) electrons. The number of likely N-dealkylation sites (tertiary alicyclic amines) is 1. The van der Waals surface area contributed by atoms with Crippen LogP contribution >= 0.6 is 0 Å². The molecular weight excluding hydrogens is 417 g/mol.